The average molecular weight is 328 g/mol. The lowest BCUT2D eigenvalue weighted by atomic mass is 10.1. The zero-order valence-electron chi connectivity index (χ0n) is 13.6. The number of aryl methyl sites for hydroxylation is 2. The number of hydrogen-bond acceptors (Lipinski definition) is 3. The Morgan fingerprint density at radius 2 is 1.91 bits per heavy atom. The van der Waals surface area contributed by atoms with Crippen molar-refractivity contribution in [2.45, 2.75) is 26.2 Å². The minimum atomic E-state index is -0.157. The number of thiophene rings is 1. The molecular weight excluding hydrogens is 308 g/mol. The van der Waals surface area contributed by atoms with Gasteiger partial charge in [0.25, 0.3) is 11.8 Å². The Bertz CT molecular complexity index is 777. The first-order valence-electron chi connectivity index (χ1n) is 7.72. The Hall–Kier alpha value is -2.14. The van der Waals surface area contributed by atoms with Crippen molar-refractivity contribution >= 4 is 28.2 Å². The predicted molar refractivity (Wildman–Crippen MR) is 93.5 cm³/mol. The van der Waals surface area contributed by atoms with Crippen LogP contribution in [0.5, 0.6) is 0 Å². The SMILES string of the molecule is Cc1ccccc1C(=O)Nc1sc2c(c1C(=O)N(C)C)CCC2. The summed E-state index contributed by atoms with van der Waals surface area (Å²) >= 11 is 1.54. The van der Waals surface area contributed by atoms with Crippen molar-refractivity contribution in [3.8, 4) is 0 Å². The molecule has 1 aromatic carbocycles. The van der Waals surface area contributed by atoms with Gasteiger partial charge < -0.3 is 10.2 Å². The van der Waals surface area contributed by atoms with Gasteiger partial charge in [-0.1, -0.05) is 18.2 Å². The summed E-state index contributed by atoms with van der Waals surface area (Å²) in [4.78, 5) is 27.9. The fourth-order valence-corrected chi connectivity index (χ4v) is 4.22. The molecule has 0 saturated heterocycles. The number of benzene rings is 1. The van der Waals surface area contributed by atoms with Crippen molar-refractivity contribution in [3.05, 3.63) is 51.4 Å². The quantitative estimate of drug-likeness (QED) is 0.937. The largest absolute Gasteiger partial charge is 0.345 e. The molecule has 23 heavy (non-hydrogen) atoms. The van der Waals surface area contributed by atoms with E-state index in [1.165, 1.54) is 4.88 Å². The highest BCUT2D eigenvalue weighted by Crippen LogP contribution is 2.39. The van der Waals surface area contributed by atoms with Crippen LogP contribution in [0.3, 0.4) is 0 Å². The molecule has 1 aromatic heterocycles. The van der Waals surface area contributed by atoms with Crippen molar-refractivity contribution in [3.63, 3.8) is 0 Å². The second-order valence-electron chi connectivity index (χ2n) is 6.03. The van der Waals surface area contributed by atoms with Crippen molar-refractivity contribution in [1.82, 2.24) is 4.90 Å². The van der Waals surface area contributed by atoms with Crippen LogP contribution in [0, 0.1) is 6.92 Å². The number of nitrogens with one attached hydrogen (secondary N) is 1. The maximum atomic E-state index is 12.6. The molecule has 0 aliphatic heterocycles. The molecule has 120 valence electrons. The molecule has 0 bridgehead atoms. The molecule has 0 spiro atoms. The third-order valence-electron chi connectivity index (χ3n) is 4.16. The van der Waals surface area contributed by atoms with Crippen LogP contribution in [0.4, 0.5) is 5.00 Å². The van der Waals surface area contributed by atoms with Gasteiger partial charge in [-0.2, -0.15) is 0 Å². The minimum absolute atomic E-state index is 0.0375. The lowest BCUT2D eigenvalue weighted by molar-refractivity contribution is 0.0828. The van der Waals surface area contributed by atoms with Gasteiger partial charge in [-0.05, 0) is 43.4 Å². The third kappa shape index (κ3) is 2.88. The molecule has 1 aliphatic rings. The van der Waals surface area contributed by atoms with Crippen molar-refractivity contribution in [2.24, 2.45) is 0 Å². The normalized spacial score (nSPS) is 12.8. The standard InChI is InChI=1S/C18H20N2O2S/c1-11-7-4-5-8-12(11)16(21)19-17-15(18(22)20(2)3)13-9-6-10-14(13)23-17/h4-5,7-8H,6,9-10H2,1-3H3,(H,19,21). The van der Waals surface area contributed by atoms with Crippen molar-refractivity contribution in [2.75, 3.05) is 19.4 Å². The lowest BCUT2D eigenvalue weighted by Gasteiger charge is -2.13. The van der Waals surface area contributed by atoms with Gasteiger partial charge in [0, 0.05) is 24.5 Å². The van der Waals surface area contributed by atoms with Crippen LogP contribution in [-0.4, -0.2) is 30.8 Å². The molecule has 4 nitrogen and oxygen atoms in total. The summed E-state index contributed by atoms with van der Waals surface area (Å²) in [5.41, 5.74) is 3.36. The predicted octanol–water partition coefficient (Wildman–Crippen LogP) is 3.50. The molecule has 1 heterocycles. The Morgan fingerprint density at radius 1 is 1.17 bits per heavy atom. The Kier molecular flexibility index (Phi) is 4.22. The molecule has 3 rings (SSSR count). The molecule has 1 aliphatic carbocycles. The second kappa shape index (κ2) is 6.16. The maximum Gasteiger partial charge on any atom is 0.256 e. The molecule has 0 unspecified atom stereocenters. The smallest absolute Gasteiger partial charge is 0.256 e. The number of rotatable bonds is 3. The number of carbonyl (C=O) groups excluding carboxylic acids is 2. The fraction of sp³-hybridized carbons (Fsp3) is 0.333. The Labute approximate surface area is 140 Å². The summed E-state index contributed by atoms with van der Waals surface area (Å²) in [7, 11) is 3.49. The molecule has 2 aromatic rings. The number of anilines is 1. The van der Waals surface area contributed by atoms with Crippen LogP contribution in [0.2, 0.25) is 0 Å². The number of hydrogen-bond donors (Lipinski definition) is 1. The summed E-state index contributed by atoms with van der Waals surface area (Å²) < 4.78 is 0. The van der Waals surface area contributed by atoms with Gasteiger partial charge in [-0.25, -0.2) is 0 Å². The van der Waals surface area contributed by atoms with Crippen LogP contribution in [-0.2, 0) is 12.8 Å². The van der Waals surface area contributed by atoms with E-state index in [1.54, 1.807) is 36.4 Å². The fourth-order valence-electron chi connectivity index (χ4n) is 2.94. The zero-order chi connectivity index (χ0) is 16.6. The Balaban J connectivity index is 1.96. The summed E-state index contributed by atoms with van der Waals surface area (Å²) in [6.45, 7) is 1.91. The van der Waals surface area contributed by atoms with Gasteiger partial charge in [-0.15, -0.1) is 11.3 Å². The van der Waals surface area contributed by atoms with E-state index < -0.39 is 0 Å². The van der Waals surface area contributed by atoms with E-state index in [2.05, 4.69) is 5.32 Å². The van der Waals surface area contributed by atoms with E-state index in [1.807, 2.05) is 25.1 Å². The van der Waals surface area contributed by atoms with Crippen LogP contribution in [0.25, 0.3) is 0 Å². The third-order valence-corrected chi connectivity index (χ3v) is 5.37. The zero-order valence-corrected chi connectivity index (χ0v) is 14.4. The molecular formula is C18H20N2O2S. The van der Waals surface area contributed by atoms with E-state index in [9.17, 15) is 9.59 Å². The van der Waals surface area contributed by atoms with Crippen molar-refractivity contribution in [1.29, 1.82) is 0 Å². The topological polar surface area (TPSA) is 49.4 Å². The highest BCUT2D eigenvalue weighted by Gasteiger charge is 2.28. The minimum Gasteiger partial charge on any atom is -0.345 e. The van der Waals surface area contributed by atoms with Crippen molar-refractivity contribution < 1.29 is 9.59 Å². The monoisotopic (exact) mass is 328 g/mol. The van der Waals surface area contributed by atoms with E-state index in [0.29, 0.717) is 16.1 Å². The lowest BCUT2D eigenvalue weighted by Crippen LogP contribution is -2.24. The number of amides is 2. The Morgan fingerprint density at radius 3 is 2.61 bits per heavy atom. The number of fused-ring (bicyclic) bond motifs is 1. The summed E-state index contributed by atoms with van der Waals surface area (Å²) in [5, 5.41) is 3.65. The van der Waals surface area contributed by atoms with Crippen LogP contribution in [0.15, 0.2) is 24.3 Å². The molecule has 0 saturated carbocycles. The highest BCUT2D eigenvalue weighted by atomic mass is 32.1. The van der Waals surface area contributed by atoms with Crippen LogP contribution >= 0.6 is 11.3 Å². The van der Waals surface area contributed by atoms with E-state index >= 15 is 0 Å². The highest BCUT2D eigenvalue weighted by molar-refractivity contribution is 7.17. The van der Waals surface area contributed by atoms with Gasteiger partial charge in [0.05, 0.1) is 5.56 Å². The first-order chi connectivity index (χ1) is 11.0. The van der Waals surface area contributed by atoms with Gasteiger partial charge in [0.2, 0.25) is 0 Å². The van der Waals surface area contributed by atoms with Crippen LogP contribution < -0.4 is 5.32 Å². The molecule has 2 amide bonds. The summed E-state index contributed by atoms with van der Waals surface area (Å²) in [6.07, 6.45) is 3.00. The number of nitrogens with zero attached hydrogens (tertiary/aromatic N) is 1. The second-order valence-corrected chi connectivity index (χ2v) is 7.14. The van der Waals surface area contributed by atoms with E-state index in [-0.39, 0.29) is 11.8 Å². The molecule has 0 atom stereocenters. The van der Waals surface area contributed by atoms with Crippen LogP contribution in [0.1, 0.15) is 43.1 Å². The molecule has 0 radical (unpaired) electrons. The molecule has 1 N–H and O–H groups in total. The number of carbonyl (C=O) groups is 2. The maximum absolute atomic E-state index is 12.6. The van der Waals surface area contributed by atoms with E-state index in [4.69, 9.17) is 0 Å². The van der Waals surface area contributed by atoms with Gasteiger partial charge in [0.15, 0.2) is 0 Å². The van der Waals surface area contributed by atoms with Gasteiger partial charge in [-0.3, -0.25) is 9.59 Å². The van der Waals surface area contributed by atoms with Gasteiger partial charge >= 0.3 is 0 Å². The molecule has 5 heteroatoms. The first kappa shape index (κ1) is 15.7. The average Bonchev–Trinajstić information content (AvgIpc) is 3.07. The summed E-state index contributed by atoms with van der Waals surface area (Å²) in [6, 6.07) is 7.48. The van der Waals surface area contributed by atoms with E-state index in [0.717, 1.165) is 30.4 Å². The summed E-state index contributed by atoms with van der Waals surface area (Å²) in [5.74, 6) is -0.194. The first-order valence-corrected chi connectivity index (χ1v) is 8.54. The molecule has 0 fully saturated rings. The van der Waals surface area contributed by atoms with Gasteiger partial charge in [0.1, 0.15) is 5.00 Å².